The fraction of sp³-hybridized carbons (Fsp3) is 0.857. The average molecular weight is 284 g/mol. The number of likely N-dealkylation sites (tertiary alicyclic amines) is 1. The molecule has 2 aliphatic rings. The Bertz CT molecular complexity index is 355. The first kappa shape index (κ1) is 15.3. The van der Waals surface area contributed by atoms with Gasteiger partial charge in [0.15, 0.2) is 0 Å². The number of esters is 1. The van der Waals surface area contributed by atoms with Gasteiger partial charge in [0.1, 0.15) is 6.61 Å². The van der Waals surface area contributed by atoms with Crippen LogP contribution in [-0.4, -0.2) is 74.2 Å². The molecule has 6 nitrogen and oxygen atoms in total. The van der Waals surface area contributed by atoms with Gasteiger partial charge in [-0.15, -0.1) is 0 Å². The lowest BCUT2D eigenvalue weighted by Gasteiger charge is -2.35. The normalized spacial score (nSPS) is 28.5. The smallest absolute Gasteiger partial charge is 0.311 e. The molecular weight excluding hydrogens is 260 g/mol. The quantitative estimate of drug-likeness (QED) is 0.686. The van der Waals surface area contributed by atoms with Crippen molar-refractivity contribution in [3.05, 3.63) is 0 Å². The maximum absolute atomic E-state index is 12.1. The number of hydrogen-bond acceptors (Lipinski definition) is 5. The standard InChI is InChI=1S/C14H24N2O4/c1-11-12(3-4-13(17)15(11)2)14(18)20-10-7-16-5-8-19-9-6-16/h11-12H,3-10H2,1-2H3/t11-,12+/m1/s1. The van der Waals surface area contributed by atoms with Crippen LogP contribution < -0.4 is 0 Å². The summed E-state index contributed by atoms with van der Waals surface area (Å²) in [4.78, 5) is 27.5. The molecule has 2 saturated heterocycles. The number of rotatable bonds is 4. The van der Waals surface area contributed by atoms with Crippen molar-refractivity contribution < 1.29 is 19.1 Å². The third kappa shape index (κ3) is 3.70. The van der Waals surface area contributed by atoms with Gasteiger partial charge >= 0.3 is 5.97 Å². The van der Waals surface area contributed by atoms with Gasteiger partial charge in [0.05, 0.1) is 19.1 Å². The summed E-state index contributed by atoms with van der Waals surface area (Å²) in [6.07, 6.45) is 1.03. The van der Waals surface area contributed by atoms with E-state index in [0.29, 0.717) is 19.4 Å². The fourth-order valence-corrected chi connectivity index (χ4v) is 2.72. The zero-order chi connectivity index (χ0) is 14.5. The number of nitrogens with zero attached hydrogens (tertiary/aromatic N) is 2. The summed E-state index contributed by atoms with van der Waals surface area (Å²) in [5.41, 5.74) is 0. The molecule has 114 valence electrons. The number of carbonyl (C=O) groups is 2. The van der Waals surface area contributed by atoms with Crippen LogP contribution in [0.3, 0.4) is 0 Å². The second kappa shape index (κ2) is 7.04. The molecule has 2 rings (SSSR count). The van der Waals surface area contributed by atoms with Crippen LogP contribution in [0.15, 0.2) is 0 Å². The number of morpholine rings is 1. The van der Waals surface area contributed by atoms with Crippen LogP contribution in [0.5, 0.6) is 0 Å². The highest BCUT2D eigenvalue weighted by molar-refractivity contribution is 5.81. The van der Waals surface area contributed by atoms with Gasteiger partial charge in [-0.3, -0.25) is 14.5 Å². The Balaban J connectivity index is 1.72. The highest BCUT2D eigenvalue weighted by atomic mass is 16.5. The minimum Gasteiger partial charge on any atom is -0.464 e. The van der Waals surface area contributed by atoms with Crippen LogP contribution in [0.1, 0.15) is 19.8 Å². The van der Waals surface area contributed by atoms with Gasteiger partial charge < -0.3 is 14.4 Å². The SMILES string of the molecule is C[C@@H]1[C@@H](C(=O)OCCN2CCOCC2)CCC(=O)N1C. The van der Waals surface area contributed by atoms with E-state index in [1.54, 1.807) is 11.9 Å². The minimum atomic E-state index is -0.192. The predicted octanol–water partition coefficient (Wildman–Crippen LogP) is 0.119. The molecule has 20 heavy (non-hydrogen) atoms. The fourth-order valence-electron chi connectivity index (χ4n) is 2.72. The van der Waals surface area contributed by atoms with Gasteiger partial charge in [0, 0.05) is 39.1 Å². The molecule has 2 atom stereocenters. The lowest BCUT2D eigenvalue weighted by atomic mass is 9.90. The Morgan fingerprint density at radius 2 is 2.10 bits per heavy atom. The van der Waals surface area contributed by atoms with Crippen molar-refractivity contribution in [2.24, 2.45) is 5.92 Å². The Morgan fingerprint density at radius 1 is 1.40 bits per heavy atom. The van der Waals surface area contributed by atoms with E-state index in [4.69, 9.17) is 9.47 Å². The Kier molecular flexibility index (Phi) is 5.37. The van der Waals surface area contributed by atoms with Gasteiger partial charge in [-0.2, -0.15) is 0 Å². The van der Waals surface area contributed by atoms with E-state index >= 15 is 0 Å². The first-order valence-electron chi connectivity index (χ1n) is 7.32. The second-order valence-corrected chi connectivity index (χ2v) is 5.51. The van der Waals surface area contributed by atoms with Crippen molar-refractivity contribution in [3.8, 4) is 0 Å². The molecule has 0 aromatic carbocycles. The van der Waals surface area contributed by atoms with Crippen molar-refractivity contribution in [3.63, 3.8) is 0 Å². The lowest BCUT2D eigenvalue weighted by molar-refractivity contribution is -0.155. The first-order valence-corrected chi connectivity index (χ1v) is 7.32. The summed E-state index contributed by atoms with van der Waals surface area (Å²) < 4.78 is 10.7. The van der Waals surface area contributed by atoms with Crippen LogP contribution >= 0.6 is 0 Å². The van der Waals surface area contributed by atoms with Crippen molar-refractivity contribution in [1.82, 2.24) is 9.80 Å². The Hall–Kier alpha value is -1.14. The second-order valence-electron chi connectivity index (χ2n) is 5.51. The molecule has 6 heteroatoms. The third-order valence-corrected chi connectivity index (χ3v) is 4.31. The van der Waals surface area contributed by atoms with E-state index in [1.165, 1.54) is 0 Å². The highest BCUT2D eigenvalue weighted by Gasteiger charge is 2.35. The molecule has 0 radical (unpaired) electrons. The highest BCUT2D eigenvalue weighted by Crippen LogP contribution is 2.24. The van der Waals surface area contributed by atoms with Gasteiger partial charge in [-0.25, -0.2) is 0 Å². The number of amides is 1. The molecule has 0 aliphatic carbocycles. The molecule has 0 N–H and O–H groups in total. The number of carbonyl (C=O) groups excluding carboxylic acids is 2. The maximum atomic E-state index is 12.1. The molecule has 2 aliphatic heterocycles. The van der Waals surface area contributed by atoms with E-state index in [1.807, 2.05) is 6.92 Å². The summed E-state index contributed by atoms with van der Waals surface area (Å²) >= 11 is 0. The van der Waals surface area contributed by atoms with Crippen molar-refractivity contribution in [1.29, 1.82) is 0 Å². The topological polar surface area (TPSA) is 59.1 Å². The largest absolute Gasteiger partial charge is 0.464 e. The van der Waals surface area contributed by atoms with E-state index in [2.05, 4.69) is 4.90 Å². The van der Waals surface area contributed by atoms with Crippen LogP contribution in [0, 0.1) is 5.92 Å². The van der Waals surface area contributed by atoms with Crippen LogP contribution in [0.25, 0.3) is 0 Å². The summed E-state index contributed by atoms with van der Waals surface area (Å²) in [7, 11) is 1.75. The zero-order valence-corrected chi connectivity index (χ0v) is 12.3. The Labute approximate surface area is 120 Å². The van der Waals surface area contributed by atoms with Crippen LogP contribution in [0.4, 0.5) is 0 Å². The van der Waals surface area contributed by atoms with E-state index < -0.39 is 0 Å². The van der Waals surface area contributed by atoms with Crippen molar-refractivity contribution in [2.75, 3.05) is 46.5 Å². The number of hydrogen-bond donors (Lipinski definition) is 0. The molecule has 0 unspecified atom stereocenters. The van der Waals surface area contributed by atoms with Crippen molar-refractivity contribution in [2.45, 2.75) is 25.8 Å². The monoisotopic (exact) mass is 284 g/mol. The summed E-state index contributed by atoms with van der Waals surface area (Å²) in [6.45, 7) is 6.37. The van der Waals surface area contributed by atoms with Crippen molar-refractivity contribution >= 4 is 11.9 Å². The van der Waals surface area contributed by atoms with Gasteiger partial charge in [-0.05, 0) is 13.3 Å². The zero-order valence-electron chi connectivity index (χ0n) is 12.3. The molecule has 0 bridgehead atoms. The summed E-state index contributed by atoms with van der Waals surface area (Å²) in [6, 6.07) is -0.0767. The van der Waals surface area contributed by atoms with E-state index in [9.17, 15) is 9.59 Å². The molecule has 0 aromatic heterocycles. The van der Waals surface area contributed by atoms with Gasteiger partial charge in [0.25, 0.3) is 0 Å². The lowest BCUT2D eigenvalue weighted by Crippen LogP contribution is -2.47. The van der Waals surface area contributed by atoms with Crippen LogP contribution in [-0.2, 0) is 19.1 Å². The molecule has 2 fully saturated rings. The van der Waals surface area contributed by atoms with Gasteiger partial charge in [0.2, 0.25) is 5.91 Å². The third-order valence-electron chi connectivity index (χ3n) is 4.31. The summed E-state index contributed by atoms with van der Waals surface area (Å²) in [5.74, 6) is -0.262. The molecule has 0 saturated carbocycles. The molecular formula is C14H24N2O4. The number of ether oxygens (including phenoxy) is 2. The predicted molar refractivity (Wildman–Crippen MR) is 73.2 cm³/mol. The Morgan fingerprint density at radius 3 is 2.80 bits per heavy atom. The molecule has 2 heterocycles. The molecule has 0 aromatic rings. The average Bonchev–Trinajstić information content (AvgIpc) is 2.46. The van der Waals surface area contributed by atoms with E-state index in [0.717, 1.165) is 32.8 Å². The van der Waals surface area contributed by atoms with Crippen LogP contribution in [0.2, 0.25) is 0 Å². The number of piperidine rings is 1. The first-order chi connectivity index (χ1) is 9.59. The molecule has 1 amide bonds. The minimum absolute atomic E-state index is 0.0767. The summed E-state index contributed by atoms with van der Waals surface area (Å²) in [5, 5.41) is 0. The molecule has 0 spiro atoms. The van der Waals surface area contributed by atoms with Gasteiger partial charge in [-0.1, -0.05) is 0 Å². The maximum Gasteiger partial charge on any atom is 0.311 e. The van der Waals surface area contributed by atoms with E-state index in [-0.39, 0.29) is 23.8 Å².